The third-order valence-corrected chi connectivity index (χ3v) is 3.00. The molecule has 2 aromatic rings. The van der Waals surface area contributed by atoms with Crippen LogP contribution in [0.5, 0.6) is 5.75 Å². The van der Waals surface area contributed by atoms with Gasteiger partial charge in [-0.15, -0.1) is 0 Å². The molecule has 5 nitrogen and oxygen atoms in total. The molecule has 0 unspecified atom stereocenters. The Balaban J connectivity index is 1.91. The molecule has 0 radical (unpaired) electrons. The molecule has 0 atom stereocenters. The third kappa shape index (κ3) is 5.39. The van der Waals surface area contributed by atoms with Crippen molar-refractivity contribution in [1.29, 1.82) is 0 Å². The van der Waals surface area contributed by atoms with Crippen LogP contribution in [0, 0.1) is 0 Å². The molecule has 1 N–H and O–H groups in total. The standard InChI is InChI=1S/C18H18N2O3/c1-2-20-18(22)13-23-16-8-5-14(6-9-16)7-10-17(21)15-4-3-11-19-12-15/h3-12H,2,13H2,1H3,(H,20,22)/b10-7+. The summed E-state index contributed by atoms with van der Waals surface area (Å²) in [6, 6.07) is 10.6. The number of pyridine rings is 1. The number of ketones is 1. The fraction of sp³-hybridized carbons (Fsp3) is 0.167. The molecular formula is C18H18N2O3. The minimum Gasteiger partial charge on any atom is -0.484 e. The zero-order chi connectivity index (χ0) is 16.5. The molecule has 1 heterocycles. The van der Waals surface area contributed by atoms with Gasteiger partial charge in [-0.1, -0.05) is 18.2 Å². The number of nitrogens with zero attached hydrogens (tertiary/aromatic N) is 1. The molecule has 0 aliphatic heterocycles. The van der Waals surface area contributed by atoms with Gasteiger partial charge in [-0.25, -0.2) is 0 Å². The summed E-state index contributed by atoms with van der Waals surface area (Å²) in [5.74, 6) is 0.347. The van der Waals surface area contributed by atoms with Crippen molar-refractivity contribution in [2.75, 3.05) is 13.2 Å². The average molecular weight is 310 g/mol. The first kappa shape index (κ1) is 16.4. The van der Waals surface area contributed by atoms with Crippen molar-refractivity contribution in [3.8, 4) is 5.75 Å². The molecular weight excluding hydrogens is 292 g/mol. The molecule has 118 valence electrons. The van der Waals surface area contributed by atoms with Crippen LogP contribution >= 0.6 is 0 Å². The highest BCUT2D eigenvalue weighted by atomic mass is 16.5. The summed E-state index contributed by atoms with van der Waals surface area (Å²) in [5, 5.41) is 2.66. The van der Waals surface area contributed by atoms with Crippen LogP contribution in [-0.2, 0) is 4.79 Å². The Hall–Kier alpha value is -2.95. The normalized spacial score (nSPS) is 10.5. The van der Waals surface area contributed by atoms with Crippen molar-refractivity contribution in [1.82, 2.24) is 10.3 Å². The Kier molecular flexibility index (Phi) is 6.06. The molecule has 0 aliphatic carbocycles. The largest absolute Gasteiger partial charge is 0.484 e. The molecule has 0 bridgehead atoms. The van der Waals surface area contributed by atoms with E-state index in [1.54, 1.807) is 36.5 Å². The molecule has 0 saturated heterocycles. The number of benzene rings is 1. The molecule has 1 aromatic carbocycles. The summed E-state index contributed by atoms with van der Waals surface area (Å²) in [6.45, 7) is 2.42. The number of carbonyl (C=O) groups is 2. The van der Waals surface area contributed by atoms with Gasteiger partial charge in [0.05, 0.1) is 0 Å². The van der Waals surface area contributed by atoms with Gasteiger partial charge in [0, 0.05) is 24.5 Å². The highest BCUT2D eigenvalue weighted by Crippen LogP contribution is 2.13. The molecule has 5 heteroatoms. The maximum atomic E-state index is 11.9. The van der Waals surface area contributed by atoms with E-state index < -0.39 is 0 Å². The monoisotopic (exact) mass is 310 g/mol. The fourth-order valence-electron chi connectivity index (χ4n) is 1.85. The van der Waals surface area contributed by atoms with Crippen LogP contribution in [0.3, 0.4) is 0 Å². The molecule has 0 aliphatic rings. The zero-order valence-corrected chi connectivity index (χ0v) is 12.9. The lowest BCUT2D eigenvalue weighted by atomic mass is 10.1. The minimum atomic E-state index is -0.154. The topological polar surface area (TPSA) is 68.3 Å². The predicted molar refractivity (Wildman–Crippen MR) is 88.2 cm³/mol. The van der Waals surface area contributed by atoms with Crippen LogP contribution in [0.4, 0.5) is 0 Å². The number of ether oxygens (including phenoxy) is 1. The van der Waals surface area contributed by atoms with E-state index in [1.807, 2.05) is 19.1 Å². The number of allylic oxidation sites excluding steroid dienone is 1. The van der Waals surface area contributed by atoms with Crippen molar-refractivity contribution in [3.63, 3.8) is 0 Å². The fourth-order valence-corrected chi connectivity index (χ4v) is 1.85. The van der Waals surface area contributed by atoms with Gasteiger partial charge in [0.2, 0.25) is 0 Å². The van der Waals surface area contributed by atoms with Gasteiger partial charge in [0.1, 0.15) is 5.75 Å². The Morgan fingerprint density at radius 3 is 2.65 bits per heavy atom. The summed E-state index contributed by atoms with van der Waals surface area (Å²) >= 11 is 0. The van der Waals surface area contributed by atoms with Crippen molar-refractivity contribution >= 4 is 17.8 Å². The van der Waals surface area contributed by atoms with E-state index in [4.69, 9.17) is 4.74 Å². The summed E-state index contributed by atoms with van der Waals surface area (Å²) in [6.07, 6.45) is 6.38. The Labute approximate surface area is 135 Å². The van der Waals surface area contributed by atoms with E-state index in [-0.39, 0.29) is 18.3 Å². The first-order valence-electron chi connectivity index (χ1n) is 7.31. The molecule has 0 saturated carbocycles. The van der Waals surface area contributed by atoms with Gasteiger partial charge in [-0.3, -0.25) is 14.6 Å². The van der Waals surface area contributed by atoms with Crippen molar-refractivity contribution in [3.05, 3.63) is 66.0 Å². The van der Waals surface area contributed by atoms with Crippen molar-refractivity contribution < 1.29 is 14.3 Å². The summed E-state index contributed by atoms with van der Waals surface area (Å²) in [4.78, 5) is 27.1. The second-order valence-electron chi connectivity index (χ2n) is 4.75. The van der Waals surface area contributed by atoms with E-state index in [0.29, 0.717) is 17.9 Å². The van der Waals surface area contributed by atoms with Crippen LogP contribution in [0.25, 0.3) is 6.08 Å². The number of nitrogens with one attached hydrogen (secondary N) is 1. The van der Waals surface area contributed by atoms with Crippen molar-refractivity contribution in [2.45, 2.75) is 6.92 Å². The zero-order valence-electron chi connectivity index (χ0n) is 12.9. The number of rotatable bonds is 7. The van der Waals surface area contributed by atoms with E-state index in [2.05, 4.69) is 10.3 Å². The lowest BCUT2D eigenvalue weighted by Gasteiger charge is -2.06. The number of aromatic nitrogens is 1. The minimum absolute atomic E-state index is 0.0114. The first-order valence-corrected chi connectivity index (χ1v) is 7.31. The molecule has 23 heavy (non-hydrogen) atoms. The van der Waals surface area contributed by atoms with E-state index in [0.717, 1.165) is 5.56 Å². The van der Waals surface area contributed by atoms with Crippen LogP contribution in [0.2, 0.25) is 0 Å². The lowest BCUT2D eigenvalue weighted by molar-refractivity contribution is -0.122. The lowest BCUT2D eigenvalue weighted by Crippen LogP contribution is -2.28. The van der Waals surface area contributed by atoms with Crippen LogP contribution in [0.1, 0.15) is 22.8 Å². The second kappa shape index (κ2) is 8.48. The number of likely N-dealkylation sites (N-methyl/N-ethyl adjacent to an activating group) is 1. The van der Waals surface area contributed by atoms with Gasteiger partial charge in [0.15, 0.2) is 12.4 Å². The number of amides is 1. The third-order valence-electron chi connectivity index (χ3n) is 3.00. The van der Waals surface area contributed by atoms with E-state index in [9.17, 15) is 9.59 Å². The van der Waals surface area contributed by atoms with Gasteiger partial charge < -0.3 is 10.1 Å². The van der Waals surface area contributed by atoms with Crippen LogP contribution in [0.15, 0.2) is 54.9 Å². The summed E-state index contributed by atoms with van der Waals surface area (Å²) in [5.41, 5.74) is 1.42. The number of carbonyl (C=O) groups excluding carboxylic acids is 2. The molecule has 2 rings (SSSR count). The number of hydrogen-bond donors (Lipinski definition) is 1. The summed E-state index contributed by atoms with van der Waals surface area (Å²) < 4.78 is 5.36. The van der Waals surface area contributed by atoms with Crippen LogP contribution in [-0.4, -0.2) is 29.8 Å². The Morgan fingerprint density at radius 1 is 1.22 bits per heavy atom. The van der Waals surface area contributed by atoms with E-state index in [1.165, 1.54) is 12.3 Å². The first-order chi connectivity index (χ1) is 11.2. The highest BCUT2D eigenvalue weighted by Gasteiger charge is 2.02. The maximum absolute atomic E-state index is 11.9. The Bertz CT molecular complexity index is 679. The average Bonchev–Trinajstić information content (AvgIpc) is 2.60. The molecule has 1 amide bonds. The van der Waals surface area contributed by atoms with Crippen molar-refractivity contribution in [2.24, 2.45) is 0 Å². The highest BCUT2D eigenvalue weighted by molar-refractivity contribution is 6.06. The smallest absolute Gasteiger partial charge is 0.257 e. The Morgan fingerprint density at radius 2 is 2.00 bits per heavy atom. The SMILES string of the molecule is CCNC(=O)COc1ccc(/C=C/C(=O)c2cccnc2)cc1. The second-order valence-corrected chi connectivity index (χ2v) is 4.75. The number of hydrogen-bond acceptors (Lipinski definition) is 4. The predicted octanol–water partition coefficient (Wildman–Crippen LogP) is 2.49. The molecule has 1 aromatic heterocycles. The van der Waals surface area contributed by atoms with Gasteiger partial charge in [-0.2, -0.15) is 0 Å². The van der Waals surface area contributed by atoms with Gasteiger partial charge in [-0.05, 0) is 42.8 Å². The summed E-state index contributed by atoms with van der Waals surface area (Å²) in [7, 11) is 0. The molecule has 0 fully saturated rings. The maximum Gasteiger partial charge on any atom is 0.257 e. The van der Waals surface area contributed by atoms with Gasteiger partial charge >= 0.3 is 0 Å². The van der Waals surface area contributed by atoms with Crippen LogP contribution < -0.4 is 10.1 Å². The van der Waals surface area contributed by atoms with E-state index >= 15 is 0 Å². The molecule has 0 spiro atoms. The quantitative estimate of drug-likeness (QED) is 0.630. The van der Waals surface area contributed by atoms with Gasteiger partial charge in [0.25, 0.3) is 5.91 Å².